The van der Waals surface area contributed by atoms with Crippen LogP contribution in [-0.4, -0.2) is 28.5 Å². The molecule has 5 rings (SSSR count). The number of aryl methyl sites for hydroxylation is 1. The number of thiazole rings is 1. The van der Waals surface area contributed by atoms with Gasteiger partial charge in [-0.05, 0) is 55.0 Å². The molecule has 0 saturated heterocycles. The van der Waals surface area contributed by atoms with Crippen molar-refractivity contribution in [2.24, 2.45) is 0 Å². The Hall–Kier alpha value is -4.99. The smallest absolute Gasteiger partial charge is 0.272 e. The topological polar surface area (TPSA) is 100 Å². The zero-order valence-electron chi connectivity index (χ0n) is 23.2. The standard InChI is InChI=1S/C34H28N4O3S2/c1-23-31(25-13-7-3-8-14-25)38-34(43-23)37-30(39)22-42-28-19-17-27(18-20-28)35-33(41)29(21-24-11-5-2-6-12-24)36-32(40)26-15-9-4-10-16-26/h2-21H,22H2,1H3,(H,35,41)(H,36,40)(H,37,38,39)/b29-21-. The molecule has 0 radical (unpaired) electrons. The molecule has 0 atom stereocenters. The van der Waals surface area contributed by atoms with Gasteiger partial charge in [0.2, 0.25) is 5.91 Å². The third-order valence-electron chi connectivity index (χ3n) is 6.21. The van der Waals surface area contributed by atoms with E-state index in [0.717, 1.165) is 26.6 Å². The summed E-state index contributed by atoms with van der Waals surface area (Å²) in [7, 11) is 0. The highest BCUT2D eigenvalue weighted by Crippen LogP contribution is 2.30. The monoisotopic (exact) mass is 604 g/mol. The number of rotatable bonds is 10. The van der Waals surface area contributed by atoms with Crippen molar-refractivity contribution in [3.8, 4) is 11.3 Å². The number of thioether (sulfide) groups is 1. The van der Waals surface area contributed by atoms with E-state index in [1.807, 2.05) is 85.8 Å². The largest absolute Gasteiger partial charge is 0.321 e. The summed E-state index contributed by atoms with van der Waals surface area (Å²) in [6.07, 6.45) is 1.63. The molecule has 7 nitrogen and oxygen atoms in total. The van der Waals surface area contributed by atoms with Crippen molar-refractivity contribution in [2.45, 2.75) is 11.8 Å². The van der Waals surface area contributed by atoms with E-state index in [4.69, 9.17) is 0 Å². The van der Waals surface area contributed by atoms with Gasteiger partial charge in [0.05, 0.1) is 11.4 Å². The first-order chi connectivity index (χ1) is 20.9. The van der Waals surface area contributed by atoms with E-state index in [1.54, 1.807) is 42.5 Å². The van der Waals surface area contributed by atoms with Crippen molar-refractivity contribution in [1.29, 1.82) is 0 Å². The quantitative estimate of drug-likeness (QED) is 0.115. The average Bonchev–Trinajstić information content (AvgIpc) is 3.41. The summed E-state index contributed by atoms with van der Waals surface area (Å²) in [5.74, 6) is -0.783. The number of hydrogen-bond acceptors (Lipinski definition) is 6. The Labute approximate surface area is 258 Å². The van der Waals surface area contributed by atoms with Crippen LogP contribution in [0.25, 0.3) is 17.3 Å². The summed E-state index contributed by atoms with van der Waals surface area (Å²) in [5, 5.41) is 9.04. The third kappa shape index (κ3) is 8.28. The molecule has 3 amide bonds. The number of nitrogens with one attached hydrogen (secondary N) is 3. The van der Waals surface area contributed by atoms with Crippen LogP contribution in [0.2, 0.25) is 0 Å². The van der Waals surface area contributed by atoms with Crippen LogP contribution in [0, 0.1) is 6.92 Å². The minimum atomic E-state index is -0.457. The Morgan fingerprint density at radius 1 is 0.791 bits per heavy atom. The maximum Gasteiger partial charge on any atom is 0.272 e. The van der Waals surface area contributed by atoms with E-state index in [1.165, 1.54) is 23.1 Å². The van der Waals surface area contributed by atoms with Gasteiger partial charge in [-0.1, -0.05) is 78.9 Å². The van der Waals surface area contributed by atoms with E-state index in [2.05, 4.69) is 20.9 Å². The van der Waals surface area contributed by atoms with Gasteiger partial charge in [0.25, 0.3) is 11.8 Å². The Bertz CT molecular complexity index is 1740. The van der Waals surface area contributed by atoms with Crippen molar-refractivity contribution in [1.82, 2.24) is 10.3 Å². The van der Waals surface area contributed by atoms with Crippen molar-refractivity contribution < 1.29 is 14.4 Å². The molecule has 0 aliphatic heterocycles. The summed E-state index contributed by atoms with van der Waals surface area (Å²) in [4.78, 5) is 45.1. The van der Waals surface area contributed by atoms with Gasteiger partial charge in [-0.25, -0.2) is 4.98 Å². The Kier molecular flexibility index (Phi) is 9.78. The molecule has 0 aliphatic rings. The molecule has 3 N–H and O–H groups in total. The van der Waals surface area contributed by atoms with Crippen LogP contribution in [0.1, 0.15) is 20.8 Å². The number of carbonyl (C=O) groups is 3. The zero-order chi connectivity index (χ0) is 30.0. The molecule has 9 heteroatoms. The first-order valence-corrected chi connectivity index (χ1v) is 15.2. The highest BCUT2D eigenvalue weighted by molar-refractivity contribution is 8.00. The Balaban J connectivity index is 1.18. The maximum atomic E-state index is 13.2. The van der Waals surface area contributed by atoms with Crippen LogP contribution in [-0.2, 0) is 9.59 Å². The van der Waals surface area contributed by atoms with Crippen LogP contribution >= 0.6 is 23.1 Å². The number of hydrogen-bond donors (Lipinski definition) is 3. The van der Waals surface area contributed by atoms with Crippen LogP contribution < -0.4 is 16.0 Å². The van der Waals surface area contributed by atoms with Crippen molar-refractivity contribution >= 4 is 57.7 Å². The molecule has 5 aromatic rings. The third-order valence-corrected chi connectivity index (χ3v) is 8.11. The second-order valence-electron chi connectivity index (χ2n) is 9.39. The first-order valence-electron chi connectivity index (χ1n) is 13.4. The van der Waals surface area contributed by atoms with Crippen molar-refractivity contribution in [3.63, 3.8) is 0 Å². The van der Waals surface area contributed by atoms with E-state index >= 15 is 0 Å². The van der Waals surface area contributed by atoms with Gasteiger partial charge in [-0.3, -0.25) is 14.4 Å². The Morgan fingerprint density at radius 2 is 1.42 bits per heavy atom. The van der Waals surface area contributed by atoms with Crippen molar-refractivity contribution in [2.75, 3.05) is 16.4 Å². The molecule has 1 heterocycles. The molecule has 214 valence electrons. The Morgan fingerprint density at radius 3 is 2.09 bits per heavy atom. The van der Waals surface area contributed by atoms with Crippen LogP contribution in [0.5, 0.6) is 0 Å². The lowest BCUT2D eigenvalue weighted by Crippen LogP contribution is -2.30. The predicted molar refractivity (Wildman–Crippen MR) is 175 cm³/mol. The van der Waals surface area contributed by atoms with Gasteiger partial charge >= 0.3 is 0 Å². The fraction of sp³-hybridized carbons (Fsp3) is 0.0588. The normalized spacial score (nSPS) is 11.0. The zero-order valence-corrected chi connectivity index (χ0v) is 24.9. The lowest BCUT2D eigenvalue weighted by Gasteiger charge is -2.12. The fourth-order valence-electron chi connectivity index (χ4n) is 4.11. The molecule has 1 aromatic heterocycles. The molecular formula is C34H28N4O3S2. The van der Waals surface area contributed by atoms with Gasteiger partial charge in [0, 0.05) is 26.6 Å². The van der Waals surface area contributed by atoms with Crippen LogP contribution in [0.4, 0.5) is 10.8 Å². The summed E-state index contributed by atoms with van der Waals surface area (Å²) in [5.41, 5.74) is 3.77. The van der Waals surface area contributed by atoms with Gasteiger partial charge in [-0.2, -0.15) is 0 Å². The van der Waals surface area contributed by atoms with Gasteiger partial charge in [0.1, 0.15) is 5.70 Å². The van der Waals surface area contributed by atoms with E-state index in [0.29, 0.717) is 16.4 Å². The van der Waals surface area contributed by atoms with E-state index in [-0.39, 0.29) is 23.3 Å². The summed E-state index contributed by atoms with van der Waals surface area (Å²) in [6, 6.07) is 35.1. The lowest BCUT2D eigenvalue weighted by atomic mass is 10.1. The molecule has 0 bridgehead atoms. The summed E-state index contributed by atoms with van der Waals surface area (Å²) in [6.45, 7) is 1.99. The molecule has 0 saturated carbocycles. The summed E-state index contributed by atoms with van der Waals surface area (Å²) < 4.78 is 0. The average molecular weight is 605 g/mol. The molecule has 43 heavy (non-hydrogen) atoms. The highest BCUT2D eigenvalue weighted by Gasteiger charge is 2.16. The molecule has 0 aliphatic carbocycles. The fourth-order valence-corrected chi connectivity index (χ4v) is 5.66. The minimum Gasteiger partial charge on any atom is -0.321 e. The molecular weight excluding hydrogens is 577 g/mol. The molecule has 0 spiro atoms. The number of nitrogens with zero attached hydrogens (tertiary/aromatic N) is 1. The minimum absolute atomic E-state index is 0.114. The van der Waals surface area contributed by atoms with Crippen LogP contribution in [0.3, 0.4) is 0 Å². The molecule has 4 aromatic carbocycles. The number of anilines is 2. The van der Waals surface area contributed by atoms with Gasteiger partial charge in [-0.15, -0.1) is 23.1 Å². The first kappa shape index (κ1) is 29.5. The number of carbonyl (C=O) groups excluding carboxylic acids is 3. The van der Waals surface area contributed by atoms with Gasteiger partial charge in [0.15, 0.2) is 5.13 Å². The molecule has 0 fully saturated rings. The van der Waals surface area contributed by atoms with Crippen molar-refractivity contribution in [3.05, 3.63) is 137 Å². The summed E-state index contributed by atoms with van der Waals surface area (Å²) >= 11 is 2.83. The SMILES string of the molecule is Cc1sc(NC(=O)CSc2ccc(NC(=O)/C(=C/c3ccccc3)NC(=O)c3ccccc3)cc2)nc1-c1ccccc1. The molecule has 0 unspecified atom stereocenters. The second-order valence-corrected chi connectivity index (χ2v) is 11.6. The number of amides is 3. The maximum absolute atomic E-state index is 13.2. The predicted octanol–water partition coefficient (Wildman–Crippen LogP) is 7.26. The van der Waals surface area contributed by atoms with E-state index < -0.39 is 5.91 Å². The second kappa shape index (κ2) is 14.3. The van der Waals surface area contributed by atoms with E-state index in [9.17, 15) is 14.4 Å². The van der Waals surface area contributed by atoms with Crippen LogP contribution in [0.15, 0.2) is 126 Å². The highest BCUT2D eigenvalue weighted by atomic mass is 32.2. The van der Waals surface area contributed by atoms with Gasteiger partial charge < -0.3 is 16.0 Å². The number of benzene rings is 4. The lowest BCUT2D eigenvalue weighted by molar-refractivity contribution is -0.114. The number of aromatic nitrogens is 1.